The van der Waals surface area contributed by atoms with Crippen LogP contribution in [0, 0.1) is 5.82 Å². The van der Waals surface area contributed by atoms with E-state index in [1.54, 1.807) is 30.3 Å². The fraction of sp³-hybridized carbons (Fsp3) is 0.381. The number of halogens is 3. The Labute approximate surface area is 174 Å². The van der Waals surface area contributed by atoms with Gasteiger partial charge in [0.2, 0.25) is 0 Å². The fourth-order valence-corrected chi connectivity index (χ4v) is 3.94. The lowest BCUT2D eigenvalue weighted by molar-refractivity contribution is -0.139. The van der Waals surface area contributed by atoms with Crippen LogP contribution >= 0.6 is 23.2 Å². The van der Waals surface area contributed by atoms with Gasteiger partial charge in [-0.3, -0.25) is 9.69 Å². The maximum Gasteiger partial charge on any atom is 0.260 e. The van der Waals surface area contributed by atoms with E-state index in [1.807, 2.05) is 11.8 Å². The standard InChI is InChI=1S/C21H23Cl2FN2O2/c1-14-11-26(21(27)13-28-20-8-17(22)7-18(23)9-20)15(2)10-25(14)12-16-3-5-19(24)6-4-16/h3-9,14-15H,10-13H2,1-2H3/t14-,15+/m1/s1. The molecule has 0 aromatic heterocycles. The van der Waals surface area contributed by atoms with Crippen LogP contribution in [0.25, 0.3) is 0 Å². The van der Waals surface area contributed by atoms with Crippen LogP contribution < -0.4 is 4.74 Å². The SMILES string of the molecule is C[C@@H]1CN(C(=O)COc2cc(Cl)cc(Cl)c2)[C@@H](C)CN1Cc1ccc(F)cc1. The molecule has 0 saturated carbocycles. The molecule has 2 aromatic rings. The van der Waals surface area contributed by atoms with Gasteiger partial charge in [0.05, 0.1) is 0 Å². The molecule has 0 radical (unpaired) electrons. The summed E-state index contributed by atoms with van der Waals surface area (Å²) in [7, 11) is 0. The van der Waals surface area contributed by atoms with Crippen molar-refractivity contribution in [2.45, 2.75) is 32.5 Å². The molecule has 1 saturated heterocycles. The van der Waals surface area contributed by atoms with Gasteiger partial charge in [-0.05, 0) is 49.7 Å². The number of benzene rings is 2. The minimum Gasteiger partial charge on any atom is -0.484 e. The van der Waals surface area contributed by atoms with Crippen LogP contribution in [-0.4, -0.2) is 47.5 Å². The van der Waals surface area contributed by atoms with Crippen molar-refractivity contribution in [3.63, 3.8) is 0 Å². The van der Waals surface area contributed by atoms with E-state index in [-0.39, 0.29) is 30.4 Å². The Kier molecular flexibility index (Phi) is 6.81. The first-order chi connectivity index (χ1) is 13.3. The van der Waals surface area contributed by atoms with E-state index in [9.17, 15) is 9.18 Å². The molecule has 4 nitrogen and oxygen atoms in total. The van der Waals surface area contributed by atoms with E-state index in [0.29, 0.717) is 22.3 Å². The summed E-state index contributed by atoms with van der Waals surface area (Å²) < 4.78 is 18.7. The van der Waals surface area contributed by atoms with Crippen molar-refractivity contribution in [2.75, 3.05) is 19.7 Å². The first kappa shape index (κ1) is 20.9. The molecule has 0 spiro atoms. The Balaban J connectivity index is 1.56. The second-order valence-corrected chi connectivity index (χ2v) is 8.07. The van der Waals surface area contributed by atoms with Gasteiger partial charge in [0.15, 0.2) is 6.61 Å². The number of hydrogen-bond acceptors (Lipinski definition) is 3. The van der Waals surface area contributed by atoms with Crippen LogP contribution in [0.3, 0.4) is 0 Å². The van der Waals surface area contributed by atoms with Crippen molar-refractivity contribution in [3.8, 4) is 5.75 Å². The zero-order valence-electron chi connectivity index (χ0n) is 15.9. The fourth-order valence-electron chi connectivity index (χ4n) is 3.43. The minimum atomic E-state index is -0.235. The summed E-state index contributed by atoms with van der Waals surface area (Å²) in [4.78, 5) is 16.8. The van der Waals surface area contributed by atoms with E-state index in [1.165, 1.54) is 12.1 Å². The van der Waals surface area contributed by atoms with E-state index < -0.39 is 0 Å². The third-order valence-corrected chi connectivity index (χ3v) is 5.37. The van der Waals surface area contributed by atoms with Crippen LogP contribution in [0.1, 0.15) is 19.4 Å². The normalized spacial score (nSPS) is 20.2. The molecule has 1 amide bonds. The van der Waals surface area contributed by atoms with Crippen LogP contribution in [0.4, 0.5) is 4.39 Å². The highest BCUT2D eigenvalue weighted by Crippen LogP contribution is 2.24. The first-order valence-corrected chi connectivity index (χ1v) is 9.94. The van der Waals surface area contributed by atoms with Crippen LogP contribution in [0.5, 0.6) is 5.75 Å². The van der Waals surface area contributed by atoms with Gasteiger partial charge in [0.25, 0.3) is 5.91 Å². The van der Waals surface area contributed by atoms with Gasteiger partial charge >= 0.3 is 0 Å². The van der Waals surface area contributed by atoms with Crippen molar-refractivity contribution in [1.29, 1.82) is 0 Å². The predicted octanol–water partition coefficient (Wildman–Crippen LogP) is 4.63. The summed E-state index contributed by atoms with van der Waals surface area (Å²) in [6.07, 6.45) is 0. The summed E-state index contributed by atoms with van der Waals surface area (Å²) >= 11 is 11.9. The van der Waals surface area contributed by atoms with Crippen molar-refractivity contribution < 1.29 is 13.9 Å². The lowest BCUT2D eigenvalue weighted by Crippen LogP contribution is -2.58. The number of piperazine rings is 1. The molecule has 7 heteroatoms. The van der Waals surface area contributed by atoms with Crippen LogP contribution in [-0.2, 0) is 11.3 Å². The molecule has 3 rings (SSSR count). The summed E-state index contributed by atoms with van der Waals surface area (Å²) in [6.45, 7) is 6.14. The van der Waals surface area contributed by atoms with Crippen molar-refractivity contribution in [1.82, 2.24) is 9.80 Å². The molecule has 1 heterocycles. The van der Waals surface area contributed by atoms with Gasteiger partial charge in [-0.1, -0.05) is 35.3 Å². The van der Waals surface area contributed by atoms with E-state index in [4.69, 9.17) is 27.9 Å². The summed E-state index contributed by atoms with van der Waals surface area (Å²) in [6, 6.07) is 11.7. The number of carbonyl (C=O) groups is 1. The highest BCUT2D eigenvalue weighted by Gasteiger charge is 2.32. The third kappa shape index (κ3) is 5.37. The Morgan fingerprint density at radius 3 is 2.36 bits per heavy atom. The monoisotopic (exact) mass is 424 g/mol. The average molecular weight is 425 g/mol. The second-order valence-electron chi connectivity index (χ2n) is 7.19. The van der Waals surface area contributed by atoms with Gasteiger partial charge in [0, 0.05) is 41.8 Å². The number of amides is 1. The molecule has 1 fully saturated rings. The van der Waals surface area contributed by atoms with E-state index in [0.717, 1.165) is 18.7 Å². The molecule has 2 aromatic carbocycles. The van der Waals surface area contributed by atoms with E-state index in [2.05, 4.69) is 11.8 Å². The van der Waals surface area contributed by atoms with Crippen molar-refractivity contribution >= 4 is 29.1 Å². The highest BCUT2D eigenvalue weighted by molar-refractivity contribution is 6.34. The molecule has 0 aliphatic carbocycles. The molecule has 0 N–H and O–H groups in total. The number of rotatable bonds is 5. The molecule has 2 atom stereocenters. The minimum absolute atomic E-state index is 0.0516. The van der Waals surface area contributed by atoms with Crippen molar-refractivity contribution in [3.05, 3.63) is 63.9 Å². The zero-order chi connectivity index (χ0) is 20.3. The molecular weight excluding hydrogens is 402 g/mol. The van der Waals surface area contributed by atoms with Gasteiger partial charge in [-0.15, -0.1) is 0 Å². The van der Waals surface area contributed by atoms with Gasteiger partial charge in [0.1, 0.15) is 11.6 Å². The molecule has 1 aliphatic heterocycles. The quantitative estimate of drug-likeness (QED) is 0.700. The topological polar surface area (TPSA) is 32.8 Å². The summed E-state index contributed by atoms with van der Waals surface area (Å²) in [5, 5.41) is 0.928. The molecule has 0 unspecified atom stereocenters. The summed E-state index contributed by atoms with van der Waals surface area (Å²) in [5.74, 6) is 0.167. The molecule has 28 heavy (non-hydrogen) atoms. The van der Waals surface area contributed by atoms with E-state index >= 15 is 0 Å². The number of hydrogen-bond donors (Lipinski definition) is 0. The Bertz CT molecular complexity index is 811. The number of carbonyl (C=O) groups excluding carboxylic acids is 1. The molecule has 0 bridgehead atoms. The third-order valence-electron chi connectivity index (χ3n) is 4.93. The predicted molar refractivity (Wildman–Crippen MR) is 109 cm³/mol. The first-order valence-electron chi connectivity index (χ1n) is 9.18. The number of ether oxygens (including phenoxy) is 1. The zero-order valence-corrected chi connectivity index (χ0v) is 17.4. The molecule has 150 valence electrons. The second kappa shape index (κ2) is 9.12. The number of nitrogens with zero attached hydrogens (tertiary/aromatic N) is 2. The average Bonchev–Trinajstić information content (AvgIpc) is 2.63. The smallest absolute Gasteiger partial charge is 0.260 e. The van der Waals surface area contributed by atoms with Crippen LogP contribution in [0.15, 0.2) is 42.5 Å². The largest absolute Gasteiger partial charge is 0.484 e. The Hall–Kier alpha value is -1.82. The Morgan fingerprint density at radius 1 is 1.07 bits per heavy atom. The molecule has 1 aliphatic rings. The lowest BCUT2D eigenvalue weighted by Gasteiger charge is -2.44. The van der Waals surface area contributed by atoms with Gasteiger partial charge in [-0.25, -0.2) is 4.39 Å². The lowest BCUT2D eigenvalue weighted by atomic mass is 10.1. The van der Waals surface area contributed by atoms with Gasteiger partial charge in [-0.2, -0.15) is 0 Å². The Morgan fingerprint density at radius 2 is 1.71 bits per heavy atom. The van der Waals surface area contributed by atoms with Gasteiger partial charge < -0.3 is 9.64 Å². The maximum atomic E-state index is 13.1. The molecular formula is C21H23Cl2FN2O2. The van der Waals surface area contributed by atoms with Crippen molar-refractivity contribution in [2.24, 2.45) is 0 Å². The summed E-state index contributed by atoms with van der Waals surface area (Å²) in [5.41, 5.74) is 1.06. The van der Waals surface area contributed by atoms with Crippen LogP contribution in [0.2, 0.25) is 10.0 Å². The maximum absolute atomic E-state index is 13.1. The highest BCUT2D eigenvalue weighted by atomic mass is 35.5.